The molecule has 46 heavy (non-hydrogen) atoms. The van der Waals surface area contributed by atoms with E-state index in [4.69, 9.17) is 14.2 Å². The fourth-order valence-corrected chi connectivity index (χ4v) is 7.03. The van der Waals surface area contributed by atoms with Gasteiger partial charge in [0.15, 0.2) is 17.9 Å². The number of rotatable bonds is 7. The Morgan fingerprint density at radius 1 is 1.02 bits per heavy atom. The first-order valence-corrected chi connectivity index (χ1v) is 15.2. The fourth-order valence-electron chi connectivity index (χ4n) is 7.03. The summed E-state index contributed by atoms with van der Waals surface area (Å²) in [6.45, 7) is 3.46. The van der Waals surface area contributed by atoms with E-state index in [1.807, 2.05) is 42.3 Å². The highest BCUT2D eigenvalue weighted by molar-refractivity contribution is 6.31. The minimum absolute atomic E-state index is 0.00856. The molecule has 0 radical (unpaired) electrons. The van der Waals surface area contributed by atoms with Gasteiger partial charge in [-0.15, -0.1) is 0 Å². The highest BCUT2D eigenvalue weighted by atomic mass is 16.7. The van der Waals surface area contributed by atoms with Crippen LogP contribution in [0.25, 0.3) is 0 Å². The molecule has 4 unspecified atom stereocenters. The Bertz CT molecular complexity index is 1720. The molecule has 4 N–H and O–H groups in total. The third kappa shape index (κ3) is 5.18. The molecule has 0 aromatic heterocycles. The number of carbonyl (C=O) groups is 3. The van der Waals surface area contributed by atoms with Gasteiger partial charge in [-0.05, 0) is 32.5 Å². The number of aliphatic hydroxyl groups excluding tert-OH is 1. The summed E-state index contributed by atoms with van der Waals surface area (Å²) in [4.78, 5) is 42.3. The number of nitrogens with zero attached hydrogens (tertiary/aromatic N) is 1. The number of benzene rings is 3. The second-order valence-electron chi connectivity index (χ2n) is 12.4. The van der Waals surface area contributed by atoms with E-state index in [0.717, 1.165) is 5.56 Å². The number of ketones is 3. The zero-order chi connectivity index (χ0) is 33.1. The maximum absolute atomic E-state index is 13.9. The lowest BCUT2D eigenvalue weighted by Crippen LogP contribution is -2.54. The van der Waals surface area contributed by atoms with Crippen molar-refractivity contribution in [1.82, 2.24) is 4.90 Å². The van der Waals surface area contributed by atoms with Crippen LogP contribution in [0.1, 0.15) is 81.3 Å². The topological polar surface area (TPSA) is 163 Å². The molecule has 11 heteroatoms. The third-order valence-corrected chi connectivity index (χ3v) is 9.56. The van der Waals surface area contributed by atoms with Crippen LogP contribution in [-0.4, -0.2) is 87.0 Å². The van der Waals surface area contributed by atoms with E-state index in [9.17, 15) is 34.8 Å². The minimum Gasteiger partial charge on any atom is -0.507 e. The Hall–Kier alpha value is -4.13. The van der Waals surface area contributed by atoms with Gasteiger partial charge >= 0.3 is 0 Å². The third-order valence-electron chi connectivity index (χ3n) is 9.56. The number of carbonyl (C=O) groups excluding carboxylic acids is 3. The lowest BCUT2D eigenvalue weighted by Gasteiger charge is -2.44. The number of phenols is 2. The first kappa shape index (κ1) is 31.8. The first-order chi connectivity index (χ1) is 21.9. The number of aliphatic hydroxyl groups is 2. The van der Waals surface area contributed by atoms with E-state index >= 15 is 0 Å². The average Bonchev–Trinajstić information content (AvgIpc) is 3.02. The van der Waals surface area contributed by atoms with Gasteiger partial charge in [-0.3, -0.25) is 19.3 Å². The lowest BCUT2D eigenvalue weighted by atomic mass is 9.72. The second kappa shape index (κ2) is 11.9. The van der Waals surface area contributed by atoms with Crippen molar-refractivity contribution in [3.63, 3.8) is 0 Å². The highest BCUT2D eigenvalue weighted by Gasteiger charge is 2.49. The van der Waals surface area contributed by atoms with Crippen LogP contribution in [0.3, 0.4) is 0 Å². The summed E-state index contributed by atoms with van der Waals surface area (Å²) in [5.41, 5.74) is -1.93. The summed E-state index contributed by atoms with van der Waals surface area (Å²) in [5, 5.41) is 45.8. The molecule has 1 fully saturated rings. The molecule has 0 amide bonds. The number of fused-ring (bicyclic) bond motifs is 3. The van der Waals surface area contributed by atoms with Crippen molar-refractivity contribution in [1.29, 1.82) is 0 Å². The van der Waals surface area contributed by atoms with E-state index < -0.39 is 82.6 Å². The predicted octanol–water partition coefficient (Wildman–Crippen LogP) is 3.20. The van der Waals surface area contributed by atoms with E-state index in [1.165, 1.54) is 32.2 Å². The van der Waals surface area contributed by atoms with E-state index in [1.54, 1.807) is 6.92 Å². The summed E-state index contributed by atoms with van der Waals surface area (Å²) in [7, 11) is 3.23. The minimum atomic E-state index is -2.01. The van der Waals surface area contributed by atoms with Gasteiger partial charge in [0.1, 0.15) is 22.8 Å². The van der Waals surface area contributed by atoms with Crippen molar-refractivity contribution in [3.05, 3.63) is 87.5 Å². The van der Waals surface area contributed by atoms with Crippen molar-refractivity contribution < 1.29 is 49.0 Å². The van der Waals surface area contributed by atoms with Crippen LogP contribution in [0.15, 0.2) is 48.5 Å². The smallest absolute Gasteiger partial charge is 0.202 e. The molecule has 2 aliphatic carbocycles. The van der Waals surface area contributed by atoms with Crippen molar-refractivity contribution in [2.24, 2.45) is 0 Å². The van der Waals surface area contributed by atoms with Crippen LogP contribution >= 0.6 is 0 Å². The van der Waals surface area contributed by atoms with Crippen LogP contribution in [0.4, 0.5) is 0 Å². The molecule has 0 spiro atoms. The Kier molecular flexibility index (Phi) is 8.24. The number of methoxy groups -OCH3 is 1. The molecule has 0 saturated carbocycles. The Morgan fingerprint density at radius 2 is 1.72 bits per heavy atom. The number of hydrogen-bond donors (Lipinski definition) is 4. The van der Waals surface area contributed by atoms with Crippen molar-refractivity contribution >= 4 is 17.3 Å². The summed E-state index contributed by atoms with van der Waals surface area (Å²) in [6.07, 6.45) is -4.26. The molecule has 3 aromatic carbocycles. The molecule has 11 nitrogen and oxygen atoms in total. The predicted molar refractivity (Wildman–Crippen MR) is 164 cm³/mol. The number of likely N-dealkylation sites (N-methyl/N-ethyl adjacent to an activating group) is 1. The maximum atomic E-state index is 13.9. The SMILES string of the molecule is COc1cccc2c1C(=O)c1c(O)c3c(c(O)c1C2=O)C[C@@](O)(C(C)=O)C[C@@H]3OC1CC(N(C)Cc2ccccc2)C(O)C(C)O1. The number of hydrogen-bond acceptors (Lipinski definition) is 11. The molecule has 6 atom stereocenters. The summed E-state index contributed by atoms with van der Waals surface area (Å²) < 4.78 is 17.8. The van der Waals surface area contributed by atoms with Crippen molar-refractivity contribution in [2.45, 2.75) is 75.9 Å². The van der Waals surface area contributed by atoms with E-state index in [2.05, 4.69) is 0 Å². The van der Waals surface area contributed by atoms with Gasteiger partial charge in [0.2, 0.25) is 5.78 Å². The second-order valence-corrected chi connectivity index (χ2v) is 12.4. The molecule has 1 heterocycles. The molecule has 1 aliphatic heterocycles. The molecule has 3 aliphatic rings. The summed E-state index contributed by atoms with van der Waals surface area (Å²) >= 11 is 0. The van der Waals surface area contributed by atoms with E-state index in [0.29, 0.717) is 6.54 Å². The molecule has 6 rings (SSSR count). The standard InChI is InChI=1S/C35H37NO10/c1-17-30(38)22(36(3)16-19-9-6-5-7-10-19)13-25(45-17)46-24-15-35(43,18(2)37)14-21-27(24)34(42)29-28(32(21)40)31(39)20-11-8-12-23(44-4)26(20)33(29)41/h5-12,17,22,24-25,30,38,40,42-43H,13-16H2,1-4H3/t17?,22?,24-,25?,30?,35-/m0/s1. The normalized spacial score (nSPS) is 27.2. The zero-order valence-electron chi connectivity index (χ0n) is 26.0. The van der Waals surface area contributed by atoms with Crippen molar-refractivity contribution in [3.8, 4) is 17.2 Å². The van der Waals surface area contributed by atoms with Crippen LogP contribution in [0.2, 0.25) is 0 Å². The molecular weight excluding hydrogens is 594 g/mol. The van der Waals surface area contributed by atoms with E-state index in [-0.39, 0.29) is 40.8 Å². The number of ether oxygens (including phenoxy) is 3. The fraction of sp³-hybridized carbons (Fsp3) is 0.400. The van der Waals surface area contributed by atoms with Gasteiger partial charge in [0, 0.05) is 48.5 Å². The number of Topliss-reactive ketones (excluding diaryl/α,β-unsaturated/α-hetero) is 1. The highest BCUT2D eigenvalue weighted by Crippen LogP contribution is 2.52. The quantitative estimate of drug-likeness (QED) is 0.222. The molecular formula is C35H37NO10. The Morgan fingerprint density at radius 3 is 2.39 bits per heavy atom. The largest absolute Gasteiger partial charge is 0.507 e. The first-order valence-electron chi connectivity index (χ1n) is 15.2. The van der Waals surface area contributed by atoms with Gasteiger partial charge in [-0.25, -0.2) is 0 Å². The van der Waals surface area contributed by atoms with Crippen LogP contribution < -0.4 is 4.74 Å². The Balaban J connectivity index is 1.40. The zero-order valence-corrected chi connectivity index (χ0v) is 26.0. The van der Waals surface area contributed by atoms with Crippen LogP contribution in [0.5, 0.6) is 17.2 Å². The Labute approximate surface area is 265 Å². The van der Waals surface area contributed by atoms with Gasteiger partial charge in [0.05, 0.1) is 42.1 Å². The van der Waals surface area contributed by atoms with Crippen LogP contribution in [0, 0.1) is 0 Å². The van der Waals surface area contributed by atoms with Gasteiger partial charge in [-0.2, -0.15) is 0 Å². The van der Waals surface area contributed by atoms with Crippen LogP contribution in [-0.2, 0) is 27.2 Å². The number of aromatic hydroxyl groups is 2. The monoisotopic (exact) mass is 631 g/mol. The molecule has 3 aromatic rings. The van der Waals surface area contributed by atoms with Gasteiger partial charge in [0.25, 0.3) is 0 Å². The van der Waals surface area contributed by atoms with Gasteiger partial charge in [-0.1, -0.05) is 42.5 Å². The molecule has 242 valence electrons. The lowest BCUT2D eigenvalue weighted by molar-refractivity contribution is -0.258. The number of phenolic OH excluding ortho intramolecular Hbond substituents is 2. The van der Waals surface area contributed by atoms with Crippen molar-refractivity contribution in [2.75, 3.05) is 14.2 Å². The molecule has 1 saturated heterocycles. The maximum Gasteiger partial charge on any atom is 0.202 e. The summed E-state index contributed by atoms with van der Waals surface area (Å²) in [6, 6.07) is 13.8. The summed E-state index contributed by atoms with van der Waals surface area (Å²) in [5.74, 6) is -3.11. The average molecular weight is 632 g/mol. The molecule has 0 bridgehead atoms. The van der Waals surface area contributed by atoms with Gasteiger partial charge < -0.3 is 34.6 Å².